The molecule has 3 rings (SSSR count). The highest BCUT2D eigenvalue weighted by atomic mass is 79.9. The Morgan fingerprint density at radius 3 is 2.65 bits per heavy atom. The van der Waals surface area contributed by atoms with Gasteiger partial charge in [-0.3, -0.25) is 4.79 Å². The van der Waals surface area contributed by atoms with E-state index in [9.17, 15) is 9.18 Å². The third-order valence-electron chi connectivity index (χ3n) is 4.07. The van der Waals surface area contributed by atoms with Gasteiger partial charge in [-0.2, -0.15) is 0 Å². The Morgan fingerprint density at radius 2 is 2.00 bits per heavy atom. The largest absolute Gasteiger partial charge is 0.344 e. The lowest BCUT2D eigenvalue weighted by Crippen LogP contribution is -2.42. The quantitative estimate of drug-likeness (QED) is 0.856. The fraction of sp³-hybridized carbons (Fsp3) is 0.278. The number of amides is 1. The average molecular weight is 377 g/mol. The van der Waals surface area contributed by atoms with Gasteiger partial charge in [0, 0.05) is 0 Å². The van der Waals surface area contributed by atoms with Crippen molar-refractivity contribution < 1.29 is 9.18 Å². The SMILES string of the molecule is O=C(N[C@@H](c1ccccc1)c1ccc(Br)c(F)c1)C1CCCN1. The molecule has 2 aromatic rings. The summed E-state index contributed by atoms with van der Waals surface area (Å²) in [7, 11) is 0. The Hall–Kier alpha value is -1.72. The molecule has 0 aliphatic carbocycles. The molecule has 1 saturated heterocycles. The first-order valence-corrected chi connectivity index (χ1v) is 8.48. The molecular formula is C18H18BrFN2O. The molecule has 1 aliphatic heterocycles. The van der Waals surface area contributed by atoms with Crippen LogP contribution in [0.2, 0.25) is 0 Å². The van der Waals surface area contributed by atoms with Crippen molar-refractivity contribution in [1.82, 2.24) is 10.6 Å². The fourth-order valence-electron chi connectivity index (χ4n) is 2.85. The number of hydrogen-bond acceptors (Lipinski definition) is 2. The van der Waals surface area contributed by atoms with Gasteiger partial charge in [0.2, 0.25) is 5.91 Å². The van der Waals surface area contributed by atoms with Gasteiger partial charge in [-0.25, -0.2) is 4.39 Å². The number of carbonyl (C=O) groups excluding carboxylic acids is 1. The fourth-order valence-corrected chi connectivity index (χ4v) is 3.09. The molecule has 0 aromatic heterocycles. The molecule has 1 aliphatic rings. The summed E-state index contributed by atoms with van der Waals surface area (Å²) in [6, 6.07) is 14.0. The minimum absolute atomic E-state index is 0.0420. The monoisotopic (exact) mass is 376 g/mol. The number of benzene rings is 2. The summed E-state index contributed by atoms with van der Waals surface area (Å²) >= 11 is 3.17. The van der Waals surface area contributed by atoms with Gasteiger partial charge >= 0.3 is 0 Å². The highest BCUT2D eigenvalue weighted by Crippen LogP contribution is 2.26. The van der Waals surface area contributed by atoms with Crippen molar-refractivity contribution in [2.75, 3.05) is 6.54 Å². The molecule has 1 heterocycles. The van der Waals surface area contributed by atoms with Crippen LogP contribution in [0, 0.1) is 5.82 Å². The van der Waals surface area contributed by atoms with Gasteiger partial charge in [0.15, 0.2) is 0 Å². The second-order valence-corrected chi connectivity index (χ2v) is 6.53. The van der Waals surface area contributed by atoms with Gasteiger partial charge in [0.1, 0.15) is 5.82 Å². The first-order valence-electron chi connectivity index (χ1n) is 7.69. The lowest BCUT2D eigenvalue weighted by molar-refractivity contribution is -0.123. The molecule has 5 heteroatoms. The molecule has 2 N–H and O–H groups in total. The topological polar surface area (TPSA) is 41.1 Å². The second-order valence-electron chi connectivity index (χ2n) is 5.67. The molecule has 1 fully saturated rings. The highest BCUT2D eigenvalue weighted by Gasteiger charge is 2.25. The Bertz CT molecular complexity index is 687. The van der Waals surface area contributed by atoms with Crippen LogP contribution in [0.5, 0.6) is 0 Å². The van der Waals surface area contributed by atoms with Crippen molar-refractivity contribution in [2.24, 2.45) is 0 Å². The summed E-state index contributed by atoms with van der Waals surface area (Å²) in [4.78, 5) is 12.5. The maximum absolute atomic E-state index is 13.9. The number of rotatable bonds is 4. The molecule has 23 heavy (non-hydrogen) atoms. The van der Waals surface area contributed by atoms with E-state index < -0.39 is 0 Å². The highest BCUT2D eigenvalue weighted by molar-refractivity contribution is 9.10. The summed E-state index contributed by atoms with van der Waals surface area (Å²) < 4.78 is 14.3. The van der Waals surface area contributed by atoms with Crippen LogP contribution in [0.3, 0.4) is 0 Å². The van der Waals surface area contributed by atoms with E-state index in [-0.39, 0.29) is 23.8 Å². The van der Waals surface area contributed by atoms with E-state index in [0.29, 0.717) is 4.47 Å². The molecule has 1 amide bonds. The van der Waals surface area contributed by atoms with Gasteiger partial charge in [-0.15, -0.1) is 0 Å². The van der Waals surface area contributed by atoms with Crippen LogP contribution in [0.25, 0.3) is 0 Å². The van der Waals surface area contributed by atoms with E-state index in [4.69, 9.17) is 0 Å². The van der Waals surface area contributed by atoms with Crippen LogP contribution in [0.4, 0.5) is 4.39 Å². The molecule has 0 saturated carbocycles. The predicted molar refractivity (Wildman–Crippen MR) is 91.6 cm³/mol. The summed E-state index contributed by atoms with van der Waals surface area (Å²) in [5.41, 5.74) is 1.66. The van der Waals surface area contributed by atoms with Crippen molar-refractivity contribution in [2.45, 2.75) is 24.9 Å². The van der Waals surface area contributed by atoms with E-state index in [1.807, 2.05) is 36.4 Å². The van der Waals surface area contributed by atoms with Crippen molar-refractivity contribution in [3.8, 4) is 0 Å². The Kier molecular flexibility index (Phi) is 5.08. The van der Waals surface area contributed by atoms with E-state index in [0.717, 1.165) is 30.5 Å². The number of halogens is 2. The van der Waals surface area contributed by atoms with Gasteiger partial charge in [0.05, 0.1) is 16.6 Å². The molecule has 1 unspecified atom stereocenters. The maximum atomic E-state index is 13.9. The van der Waals surface area contributed by atoms with E-state index >= 15 is 0 Å². The predicted octanol–water partition coefficient (Wildman–Crippen LogP) is 3.55. The average Bonchev–Trinajstić information content (AvgIpc) is 3.10. The van der Waals surface area contributed by atoms with E-state index in [2.05, 4.69) is 26.6 Å². The van der Waals surface area contributed by atoms with Crippen LogP contribution in [-0.2, 0) is 4.79 Å². The molecule has 0 spiro atoms. The molecular weight excluding hydrogens is 359 g/mol. The van der Waals surface area contributed by atoms with Crippen molar-refractivity contribution in [3.63, 3.8) is 0 Å². The van der Waals surface area contributed by atoms with Gasteiger partial charge in [-0.05, 0) is 58.6 Å². The smallest absolute Gasteiger partial charge is 0.237 e. The van der Waals surface area contributed by atoms with Crippen LogP contribution < -0.4 is 10.6 Å². The van der Waals surface area contributed by atoms with Crippen molar-refractivity contribution in [3.05, 3.63) is 69.9 Å². The second kappa shape index (κ2) is 7.23. The van der Waals surface area contributed by atoms with Crippen LogP contribution >= 0.6 is 15.9 Å². The molecule has 2 atom stereocenters. The summed E-state index contributed by atoms with van der Waals surface area (Å²) in [5, 5.41) is 6.25. The van der Waals surface area contributed by atoms with Gasteiger partial charge in [-0.1, -0.05) is 36.4 Å². The van der Waals surface area contributed by atoms with Crippen molar-refractivity contribution in [1.29, 1.82) is 0 Å². The van der Waals surface area contributed by atoms with Gasteiger partial charge < -0.3 is 10.6 Å². The lowest BCUT2D eigenvalue weighted by atomic mass is 9.98. The third kappa shape index (κ3) is 3.79. The van der Waals surface area contributed by atoms with Crippen molar-refractivity contribution >= 4 is 21.8 Å². The zero-order valence-electron chi connectivity index (χ0n) is 12.6. The lowest BCUT2D eigenvalue weighted by Gasteiger charge is -2.22. The summed E-state index contributed by atoms with van der Waals surface area (Å²) in [5.74, 6) is -0.378. The number of nitrogens with one attached hydrogen (secondary N) is 2. The van der Waals surface area contributed by atoms with E-state index in [1.54, 1.807) is 6.07 Å². The molecule has 0 bridgehead atoms. The summed E-state index contributed by atoms with van der Waals surface area (Å²) in [6.45, 7) is 0.862. The van der Waals surface area contributed by atoms with Crippen LogP contribution in [-0.4, -0.2) is 18.5 Å². The molecule has 0 radical (unpaired) electrons. The van der Waals surface area contributed by atoms with Gasteiger partial charge in [0.25, 0.3) is 0 Å². The normalized spacial score (nSPS) is 18.6. The zero-order valence-corrected chi connectivity index (χ0v) is 14.1. The Labute approximate surface area is 143 Å². The standard InChI is InChI=1S/C18H18BrFN2O/c19-14-9-8-13(11-15(14)20)17(12-5-2-1-3-6-12)22-18(23)16-7-4-10-21-16/h1-3,5-6,8-9,11,16-17,21H,4,7,10H2,(H,22,23)/t16?,17-/m0/s1. The maximum Gasteiger partial charge on any atom is 0.237 e. The molecule has 3 nitrogen and oxygen atoms in total. The van der Waals surface area contributed by atoms with E-state index in [1.165, 1.54) is 6.07 Å². The van der Waals surface area contributed by atoms with Crippen LogP contribution in [0.1, 0.15) is 30.0 Å². The Morgan fingerprint density at radius 1 is 1.22 bits per heavy atom. The third-order valence-corrected chi connectivity index (χ3v) is 4.72. The number of carbonyl (C=O) groups is 1. The molecule has 120 valence electrons. The minimum atomic E-state index is -0.367. The first kappa shape index (κ1) is 16.1. The zero-order chi connectivity index (χ0) is 16.2. The first-order chi connectivity index (χ1) is 11.1. The number of hydrogen-bond donors (Lipinski definition) is 2. The summed E-state index contributed by atoms with van der Waals surface area (Å²) in [6.07, 6.45) is 1.84. The molecule has 2 aromatic carbocycles. The minimum Gasteiger partial charge on any atom is -0.344 e. The van der Waals surface area contributed by atoms with Crippen LogP contribution in [0.15, 0.2) is 53.0 Å². The Balaban J connectivity index is 1.90.